The van der Waals surface area contributed by atoms with Gasteiger partial charge >= 0.3 is 0 Å². The first-order chi connectivity index (χ1) is 8.08. The lowest BCUT2D eigenvalue weighted by Gasteiger charge is -2.10. The van der Waals surface area contributed by atoms with Gasteiger partial charge in [-0.3, -0.25) is 4.79 Å². The van der Waals surface area contributed by atoms with Crippen LogP contribution in [-0.2, 0) is 0 Å². The molecular formula is C14H15NO2. The van der Waals surface area contributed by atoms with Crippen LogP contribution in [0.25, 0.3) is 10.8 Å². The fourth-order valence-electron chi connectivity index (χ4n) is 1.81. The number of rotatable bonds is 2. The largest absolute Gasteiger partial charge is 0.508 e. The van der Waals surface area contributed by atoms with Crippen LogP contribution in [0.5, 0.6) is 5.75 Å². The lowest BCUT2D eigenvalue weighted by Crippen LogP contribution is -2.30. The van der Waals surface area contributed by atoms with E-state index in [1.807, 2.05) is 26.0 Å². The zero-order valence-electron chi connectivity index (χ0n) is 9.90. The fourth-order valence-corrected chi connectivity index (χ4v) is 1.81. The lowest BCUT2D eigenvalue weighted by molar-refractivity contribution is 0.0945. The minimum atomic E-state index is -0.0868. The van der Waals surface area contributed by atoms with Crippen molar-refractivity contribution >= 4 is 16.7 Å². The molecule has 0 heterocycles. The van der Waals surface area contributed by atoms with Gasteiger partial charge in [-0.1, -0.05) is 12.1 Å². The molecule has 0 aliphatic carbocycles. The Balaban J connectivity index is 2.51. The summed E-state index contributed by atoms with van der Waals surface area (Å²) in [6, 6.07) is 10.6. The molecule has 2 rings (SSSR count). The van der Waals surface area contributed by atoms with Crippen molar-refractivity contribution in [2.75, 3.05) is 0 Å². The van der Waals surface area contributed by atoms with Crippen molar-refractivity contribution in [2.45, 2.75) is 19.9 Å². The molecule has 0 fully saturated rings. The van der Waals surface area contributed by atoms with Gasteiger partial charge in [0.25, 0.3) is 5.91 Å². The molecule has 0 saturated carbocycles. The van der Waals surface area contributed by atoms with Gasteiger partial charge in [0.2, 0.25) is 0 Å². The topological polar surface area (TPSA) is 49.3 Å². The summed E-state index contributed by atoms with van der Waals surface area (Å²) in [5.41, 5.74) is 0.635. The minimum Gasteiger partial charge on any atom is -0.508 e. The van der Waals surface area contributed by atoms with E-state index in [9.17, 15) is 9.90 Å². The quantitative estimate of drug-likeness (QED) is 0.831. The molecule has 3 nitrogen and oxygen atoms in total. The van der Waals surface area contributed by atoms with Crippen molar-refractivity contribution in [1.82, 2.24) is 5.32 Å². The Bertz CT molecular complexity index is 561. The summed E-state index contributed by atoms with van der Waals surface area (Å²) < 4.78 is 0. The number of hydrogen-bond donors (Lipinski definition) is 2. The van der Waals surface area contributed by atoms with Crippen LogP contribution in [-0.4, -0.2) is 17.1 Å². The number of fused-ring (bicyclic) bond motifs is 1. The first-order valence-electron chi connectivity index (χ1n) is 5.60. The van der Waals surface area contributed by atoms with Gasteiger partial charge < -0.3 is 10.4 Å². The number of carbonyl (C=O) groups excluding carboxylic acids is 1. The Kier molecular flexibility index (Phi) is 3.00. The number of hydrogen-bond acceptors (Lipinski definition) is 2. The summed E-state index contributed by atoms with van der Waals surface area (Å²) in [6.45, 7) is 3.85. The van der Waals surface area contributed by atoms with Crippen LogP contribution in [0, 0.1) is 0 Å². The molecule has 0 saturated heterocycles. The van der Waals surface area contributed by atoms with Crippen molar-refractivity contribution in [1.29, 1.82) is 0 Å². The summed E-state index contributed by atoms with van der Waals surface area (Å²) in [5, 5.41) is 14.0. The molecule has 3 heteroatoms. The predicted molar refractivity (Wildman–Crippen MR) is 68.2 cm³/mol. The Labute approximate surface area is 100 Å². The first-order valence-corrected chi connectivity index (χ1v) is 5.60. The summed E-state index contributed by atoms with van der Waals surface area (Å²) in [5.74, 6) is 0.121. The minimum absolute atomic E-state index is 0.0868. The van der Waals surface area contributed by atoms with Gasteiger partial charge in [-0.15, -0.1) is 0 Å². The van der Waals surface area contributed by atoms with E-state index in [2.05, 4.69) is 5.32 Å². The highest BCUT2D eigenvalue weighted by molar-refractivity contribution is 6.07. The number of nitrogens with one attached hydrogen (secondary N) is 1. The number of carbonyl (C=O) groups is 1. The van der Waals surface area contributed by atoms with E-state index in [0.717, 1.165) is 10.8 Å². The molecule has 2 aromatic rings. The van der Waals surface area contributed by atoms with Gasteiger partial charge in [-0.05, 0) is 48.9 Å². The van der Waals surface area contributed by atoms with E-state index in [4.69, 9.17) is 0 Å². The third kappa shape index (κ3) is 2.38. The summed E-state index contributed by atoms with van der Waals surface area (Å²) in [7, 11) is 0. The van der Waals surface area contributed by atoms with Gasteiger partial charge in [0.1, 0.15) is 5.75 Å². The lowest BCUT2D eigenvalue weighted by atomic mass is 10.0. The van der Waals surface area contributed by atoms with E-state index in [0.29, 0.717) is 5.56 Å². The molecule has 0 unspecified atom stereocenters. The van der Waals surface area contributed by atoms with E-state index < -0.39 is 0 Å². The van der Waals surface area contributed by atoms with Gasteiger partial charge in [0.15, 0.2) is 0 Å². The van der Waals surface area contributed by atoms with Crippen LogP contribution in [0.1, 0.15) is 24.2 Å². The fraction of sp³-hybridized carbons (Fsp3) is 0.214. The van der Waals surface area contributed by atoms with Gasteiger partial charge in [-0.25, -0.2) is 0 Å². The van der Waals surface area contributed by atoms with Crippen molar-refractivity contribution in [3.63, 3.8) is 0 Å². The summed E-state index contributed by atoms with van der Waals surface area (Å²) in [4.78, 5) is 12.0. The average molecular weight is 229 g/mol. The molecule has 0 bridgehead atoms. The van der Waals surface area contributed by atoms with Crippen LogP contribution < -0.4 is 5.32 Å². The van der Waals surface area contributed by atoms with E-state index in [-0.39, 0.29) is 17.7 Å². The van der Waals surface area contributed by atoms with E-state index in [1.165, 1.54) is 0 Å². The van der Waals surface area contributed by atoms with Crippen LogP contribution in [0.2, 0.25) is 0 Å². The van der Waals surface area contributed by atoms with Crippen molar-refractivity contribution < 1.29 is 9.90 Å². The highest BCUT2D eigenvalue weighted by Crippen LogP contribution is 2.23. The van der Waals surface area contributed by atoms with E-state index in [1.54, 1.807) is 24.3 Å². The SMILES string of the molecule is CC(C)NC(=O)c1cccc2cc(O)ccc12. The molecular weight excluding hydrogens is 214 g/mol. The first kappa shape index (κ1) is 11.5. The molecule has 1 amide bonds. The second kappa shape index (κ2) is 4.45. The molecule has 0 atom stereocenters. The second-order valence-electron chi connectivity index (χ2n) is 4.34. The van der Waals surface area contributed by atoms with Gasteiger partial charge in [0, 0.05) is 11.6 Å². The maximum absolute atomic E-state index is 12.0. The molecule has 0 aromatic heterocycles. The monoisotopic (exact) mass is 229 g/mol. The van der Waals surface area contributed by atoms with Crippen LogP contribution >= 0.6 is 0 Å². The van der Waals surface area contributed by atoms with Gasteiger partial charge in [0.05, 0.1) is 0 Å². The van der Waals surface area contributed by atoms with Gasteiger partial charge in [-0.2, -0.15) is 0 Å². The number of phenolic OH excluding ortho intramolecular Hbond substituents is 1. The summed E-state index contributed by atoms with van der Waals surface area (Å²) >= 11 is 0. The van der Waals surface area contributed by atoms with Crippen LogP contribution in [0.15, 0.2) is 36.4 Å². The Morgan fingerprint density at radius 2 is 2.00 bits per heavy atom. The molecule has 0 radical (unpaired) electrons. The normalized spacial score (nSPS) is 10.8. The molecule has 2 aromatic carbocycles. The Morgan fingerprint density at radius 1 is 1.24 bits per heavy atom. The summed E-state index contributed by atoms with van der Waals surface area (Å²) in [6.07, 6.45) is 0. The number of phenols is 1. The smallest absolute Gasteiger partial charge is 0.252 e. The Morgan fingerprint density at radius 3 is 2.71 bits per heavy atom. The van der Waals surface area contributed by atoms with Crippen LogP contribution in [0.3, 0.4) is 0 Å². The highest BCUT2D eigenvalue weighted by atomic mass is 16.3. The molecule has 17 heavy (non-hydrogen) atoms. The number of aromatic hydroxyl groups is 1. The van der Waals surface area contributed by atoms with Crippen LogP contribution in [0.4, 0.5) is 0 Å². The standard InChI is InChI=1S/C14H15NO2/c1-9(2)15-14(17)13-5-3-4-10-8-11(16)6-7-12(10)13/h3-9,16H,1-2H3,(H,15,17). The van der Waals surface area contributed by atoms with E-state index >= 15 is 0 Å². The molecule has 2 N–H and O–H groups in total. The third-order valence-electron chi connectivity index (χ3n) is 2.53. The predicted octanol–water partition coefficient (Wildman–Crippen LogP) is 2.68. The molecule has 0 aliphatic heterocycles. The maximum Gasteiger partial charge on any atom is 0.252 e. The zero-order valence-corrected chi connectivity index (χ0v) is 9.90. The third-order valence-corrected chi connectivity index (χ3v) is 2.53. The average Bonchev–Trinajstić information content (AvgIpc) is 2.26. The Hall–Kier alpha value is -2.03. The van der Waals surface area contributed by atoms with Crippen molar-refractivity contribution in [3.05, 3.63) is 42.0 Å². The molecule has 0 spiro atoms. The maximum atomic E-state index is 12.0. The molecule has 88 valence electrons. The number of benzene rings is 2. The van der Waals surface area contributed by atoms with Crippen molar-refractivity contribution in [2.24, 2.45) is 0 Å². The van der Waals surface area contributed by atoms with Crippen molar-refractivity contribution in [3.8, 4) is 5.75 Å². The highest BCUT2D eigenvalue weighted by Gasteiger charge is 2.10. The molecule has 0 aliphatic rings. The second-order valence-corrected chi connectivity index (χ2v) is 4.34. The zero-order chi connectivity index (χ0) is 12.4. The number of amides is 1.